The number of morpholine rings is 1. The molecule has 0 radical (unpaired) electrons. The summed E-state index contributed by atoms with van der Waals surface area (Å²) in [6, 6.07) is 8.36. The molecule has 2 aliphatic rings. The van der Waals surface area contributed by atoms with Crippen LogP contribution in [0.3, 0.4) is 0 Å². The van der Waals surface area contributed by atoms with Gasteiger partial charge in [0.2, 0.25) is 0 Å². The zero-order chi connectivity index (χ0) is 25.9. The second-order valence-electron chi connectivity index (χ2n) is 8.76. The zero-order valence-electron chi connectivity index (χ0n) is 20.4. The van der Waals surface area contributed by atoms with Gasteiger partial charge in [-0.05, 0) is 30.2 Å². The first-order valence-electron chi connectivity index (χ1n) is 11.8. The average Bonchev–Trinajstić information content (AvgIpc) is 3.42. The number of ketones is 1. The number of hydrogen-bond donors (Lipinski definition) is 1. The van der Waals surface area contributed by atoms with Gasteiger partial charge in [0.15, 0.2) is 23.9 Å². The van der Waals surface area contributed by atoms with Gasteiger partial charge in [-0.25, -0.2) is 4.99 Å². The predicted molar refractivity (Wildman–Crippen MR) is 130 cm³/mol. The Morgan fingerprint density at radius 2 is 1.97 bits per heavy atom. The Labute approximate surface area is 208 Å². The van der Waals surface area contributed by atoms with Crippen molar-refractivity contribution in [2.75, 3.05) is 46.6 Å². The molecule has 0 saturated carbocycles. The smallest absolute Gasteiger partial charge is 0.266 e. The van der Waals surface area contributed by atoms with Crippen molar-refractivity contribution >= 4 is 23.6 Å². The maximum atomic E-state index is 13.6. The number of halogens is 1. The van der Waals surface area contributed by atoms with Gasteiger partial charge in [-0.1, -0.05) is 12.1 Å². The summed E-state index contributed by atoms with van der Waals surface area (Å²) in [7, 11) is 1.52. The van der Waals surface area contributed by atoms with Gasteiger partial charge in [-0.3, -0.25) is 23.7 Å². The molecule has 192 valence electrons. The van der Waals surface area contributed by atoms with E-state index in [0.717, 1.165) is 0 Å². The molecule has 0 spiro atoms. The van der Waals surface area contributed by atoms with E-state index in [-0.39, 0.29) is 37.2 Å². The van der Waals surface area contributed by atoms with Crippen LogP contribution in [0.1, 0.15) is 35.0 Å². The van der Waals surface area contributed by atoms with Crippen molar-refractivity contribution in [2.45, 2.75) is 25.4 Å². The van der Waals surface area contributed by atoms with E-state index in [4.69, 9.17) is 15.2 Å². The molecule has 0 bridgehead atoms. The van der Waals surface area contributed by atoms with Gasteiger partial charge in [-0.2, -0.15) is 0 Å². The van der Waals surface area contributed by atoms with Crippen molar-refractivity contribution in [1.82, 2.24) is 14.4 Å². The van der Waals surface area contributed by atoms with Crippen LogP contribution in [-0.2, 0) is 26.4 Å². The number of aromatic nitrogens is 1. The number of nitrogens with two attached hydrogens (primary N) is 1. The number of carbonyl (C=O) groups excluding carboxylic acids is 3. The van der Waals surface area contributed by atoms with Gasteiger partial charge in [-0.15, -0.1) is 0 Å². The highest BCUT2D eigenvalue weighted by molar-refractivity contribution is 6.09. The first-order valence-corrected chi connectivity index (χ1v) is 11.8. The number of rotatable bonds is 9. The highest BCUT2D eigenvalue weighted by Gasteiger charge is 2.50. The number of aliphatic imine (C=N–C) groups is 1. The highest BCUT2D eigenvalue weighted by atomic mass is 19.1. The molecule has 3 heterocycles. The van der Waals surface area contributed by atoms with Crippen LogP contribution < -0.4 is 10.5 Å². The molecule has 2 N–H and O–H groups in total. The van der Waals surface area contributed by atoms with E-state index >= 15 is 0 Å². The molecule has 1 fully saturated rings. The van der Waals surface area contributed by atoms with Crippen molar-refractivity contribution in [1.29, 1.82) is 0 Å². The van der Waals surface area contributed by atoms with Crippen molar-refractivity contribution in [3.63, 3.8) is 0 Å². The number of nitrogens with zero attached hydrogens (tertiary/aromatic N) is 4. The summed E-state index contributed by atoms with van der Waals surface area (Å²) in [5.41, 5.74) is 5.75. The molecule has 2 amide bonds. The van der Waals surface area contributed by atoms with Gasteiger partial charge < -0.3 is 24.7 Å². The summed E-state index contributed by atoms with van der Waals surface area (Å²) >= 11 is 0. The monoisotopic (exact) mass is 499 g/mol. The lowest BCUT2D eigenvalue weighted by Gasteiger charge is -2.27. The Kier molecular flexibility index (Phi) is 7.39. The number of aryl methyl sites for hydroxylation is 1. The van der Waals surface area contributed by atoms with E-state index in [1.54, 1.807) is 46.0 Å². The lowest BCUT2D eigenvalue weighted by atomic mass is 9.84. The maximum Gasteiger partial charge on any atom is 0.266 e. The number of Topliss-reactive ketones (excluding diaryl/α,β-unsaturated/α-hetero) is 1. The largest absolute Gasteiger partial charge is 0.484 e. The van der Waals surface area contributed by atoms with Gasteiger partial charge in [0.1, 0.15) is 5.75 Å². The minimum atomic E-state index is -1.56. The molecule has 1 aromatic heterocycles. The van der Waals surface area contributed by atoms with Crippen LogP contribution in [0, 0.1) is 0 Å². The van der Waals surface area contributed by atoms with Crippen molar-refractivity contribution < 1.29 is 28.2 Å². The Hall–Kier alpha value is -3.73. The Balaban J connectivity index is 1.69. The third kappa shape index (κ3) is 4.70. The standard InChI is InChI=1S/C25H30FN5O5/c1-17(32)21-14-19(15-31(21)8-4-7-26)25(23(34)29(2)24(27)28-25)18-5-3-6-20(13-18)36-16-22(33)30-9-11-35-12-10-30/h3,5-6,13-15H,4,7-12,16H2,1-2H3,(H2,27,28). The topological polar surface area (TPSA) is 119 Å². The van der Waals surface area contributed by atoms with Crippen LogP contribution in [0.4, 0.5) is 4.39 Å². The maximum absolute atomic E-state index is 13.6. The molecule has 2 aromatic rings. The SMILES string of the molecule is CC(=O)c1cc(C2(c3cccc(OCC(=O)N4CCOCC4)c3)N=C(N)N(C)C2=O)cn1CCCF. The molecule has 36 heavy (non-hydrogen) atoms. The molecule has 10 nitrogen and oxygen atoms in total. The lowest BCUT2D eigenvalue weighted by Crippen LogP contribution is -2.43. The van der Waals surface area contributed by atoms with Crippen LogP contribution in [0.15, 0.2) is 41.5 Å². The molecule has 2 aliphatic heterocycles. The molecule has 11 heteroatoms. The quantitative estimate of drug-likeness (QED) is 0.520. The molecule has 1 atom stereocenters. The summed E-state index contributed by atoms with van der Waals surface area (Å²) in [5, 5.41) is 0. The molecule has 1 aromatic carbocycles. The number of hydrogen-bond acceptors (Lipinski definition) is 7. The van der Waals surface area contributed by atoms with E-state index in [2.05, 4.69) is 4.99 Å². The second kappa shape index (κ2) is 10.5. The van der Waals surface area contributed by atoms with Crippen LogP contribution >= 0.6 is 0 Å². The number of carbonyl (C=O) groups is 3. The van der Waals surface area contributed by atoms with E-state index in [1.807, 2.05) is 0 Å². The minimum absolute atomic E-state index is 0.0229. The van der Waals surface area contributed by atoms with Crippen LogP contribution in [0.5, 0.6) is 5.75 Å². The highest BCUT2D eigenvalue weighted by Crippen LogP contribution is 2.41. The third-order valence-corrected chi connectivity index (χ3v) is 6.43. The normalized spacial score (nSPS) is 20.0. The zero-order valence-corrected chi connectivity index (χ0v) is 20.4. The van der Waals surface area contributed by atoms with E-state index in [0.29, 0.717) is 48.9 Å². The summed E-state index contributed by atoms with van der Waals surface area (Å²) in [5.74, 6) is -0.375. The summed E-state index contributed by atoms with van der Waals surface area (Å²) in [6.07, 6.45) is 1.87. The summed E-state index contributed by atoms with van der Waals surface area (Å²) in [4.78, 5) is 45.9. The third-order valence-electron chi connectivity index (χ3n) is 6.43. The number of amides is 2. The molecule has 0 aliphatic carbocycles. The van der Waals surface area contributed by atoms with E-state index in [9.17, 15) is 18.8 Å². The number of alkyl halides is 1. The molecular formula is C25H30FN5O5. The summed E-state index contributed by atoms with van der Waals surface area (Å²) < 4.78 is 25.6. The van der Waals surface area contributed by atoms with Crippen molar-refractivity contribution in [2.24, 2.45) is 10.7 Å². The van der Waals surface area contributed by atoms with E-state index < -0.39 is 18.1 Å². The van der Waals surface area contributed by atoms with Crippen molar-refractivity contribution in [3.8, 4) is 5.75 Å². The van der Waals surface area contributed by atoms with Crippen LogP contribution in [0.2, 0.25) is 0 Å². The fourth-order valence-electron chi connectivity index (χ4n) is 4.47. The van der Waals surface area contributed by atoms with E-state index in [1.165, 1.54) is 18.9 Å². The Bertz CT molecular complexity index is 1190. The fourth-order valence-corrected chi connectivity index (χ4v) is 4.47. The molecule has 1 saturated heterocycles. The van der Waals surface area contributed by atoms with Gasteiger partial charge in [0.05, 0.1) is 25.6 Å². The van der Waals surface area contributed by atoms with Gasteiger partial charge in [0.25, 0.3) is 11.8 Å². The number of ether oxygens (including phenoxy) is 2. The fraction of sp³-hybridized carbons (Fsp3) is 0.440. The average molecular weight is 500 g/mol. The van der Waals surface area contributed by atoms with Crippen molar-refractivity contribution in [3.05, 3.63) is 53.3 Å². The summed E-state index contributed by atoms with van der Waals surface area (Å²) in [6.45, 7) is 3.00. The van der Waals surface area contributed by atoms with Gasteiger partial charge in [0, 0.05) is 45.4 Å². The predicted octanol–water partition coefficient (Wildman–Crippen LogP) is 1.32. The molecular weight excluding hydrogens is 469 g/mol. The van der Waals surface area contributed by atoms with Gasteiger partial charge >= 0.3 is 0 Å². The number of guanidine groups is 1. The van der Waals surface area contributed by atoms with Crippen LogP contribution in [0.25, 0.3) is 0 Å². The molecule has 1 unspecified atom stereocenters. The first kappa shape index (κ1) is 25.4. The van der Waals surface area contributed by atoms with Crippen LogP contribution in [-0.4, -0.2) is 84.6 Å². The minimum Gasteiger partial charge on any atom is -0.484 e. The molecule has 4 rings (SSSR count). The Morgan fingerprint density at radius 1 is 1.22 bits per heavy atom. The Morgan fingerprint density at radius 3 is 2.61 bits per heavy atom. The number of benzene rings is 1. The number of likely N-dealkylation sites (N-methyl/N-ethyl adjacent to an activating group) is 1. The first-order chi connectivity index (χ1) is 17.3. The lowest BCUT2D eigenvalue weighted by molar-refractivity contribution is -0.137. The second-order valence-corrected chi connectivity index (χ2v) is 8.76.